The molecule has 0 spiro atoms. The molecule has 0 aliphatic carbocycles. The van der Waals surface area contributed by atoms with Gasteiger partial charge in [-0.1, -0.05) is 30.3 Å². The van der Waals surface area contributed by atoms with E-state index >= 15 is 0 Å². The van der Waals surface area contributed by atoms with Crippen molar-refractivity contribution in [1.29, 1.82) is 0 Å². The van der Waals surface area contributed by atoms with Crippen LogP contribution in [-0.2, 0) is 12.1 Å². The SMILES string of the molecule is Cc1csc(C2(N)CCN(Cc3ccccc3)C2C)n1. The number of hydrogen-bond donors (Lipinski definition) is 1. The van der Waals surface area contributed by atoms with Crippen LogP contribution in [0.4, 0.5) is 0 Å². The Hall–Kier alpha value is -1.23. The van der Waals surface area contributed by atoms with Gasteiger partial charge in [0.05, 0.1) is 5.54 Å². The first-order valence-electron chi connectivity index (χ1n) is 7.09. The lowest BCUT2D eigenvalue weighted by atomic mass is 9.93. The predicted octanol–water partition coefficient (Wildman–Crippen LogP) is 2.90. The number of rotatable bonds is 3. The van der Waals surface area contributed by atoms with Crippen LogP contribution in [0.3, 0.4) is 0 Å². The smallest absolute Gasteiger partial charge is 0.114 e. The van der Waals surface area contributed by atoms with Crippen LogP contribution in [0.25, 0.3) is 0 Å². The van der Waals surface area contributed by atoms with E-state index in [-0.39, 0.29) is 5.54 Å². The fraction of sp³-hybridized carbons (Fsp3) is 0.438. The minimum atomic E-state index is -0.298. The number of aromatic nitrogens is 1. The van der Waals surface area contributed by atoms with Crippen molar-refractivity contribution in [1.82, 2.24) is 9.88 Å². The number of aryl methyl sites for hydroxylation is 1. The van der Waals surface area contributed by atoms with E-state index < -0.39 is 0 Å². The lowest BCUT2D eigenvalue weighted by molar-refractivity contribution is 0.216. The average molecular weight is 287 g/mol. The van der Waals surface area contributed by atoms with Crippen molar-refractivity contribution in [2.45, 2.75) is 38.4 Å². The zero-order chi connectivity index (χ0) is 14.2. The second-order valence-corrected chi connectivity index (χ2v) is 6.57. The van der Waals surface area contributed by atoms with E-state index in [1.54, 1.807) is 11.3 Å². The number of thiazole rings is 1. The number of hydrogen-bond acceptors (Lipinski definition) is 4. The molecule has 1 aromatic heterocycles. The van der Waals surface area contributed by atoms with Gasteiger partial charge < -0.3 is 5.73 Å². The molecule has 20 heavy (non-hydrogen) atoms. The Balaban J connectivity index is 1.78. The summed E-state index contributed by atoms with van der Waals surface area (Å²) in [5, 5.41) is 3.18. The molecule has 1 fully saturated rings. The first-order chi connectivity index (χ1) is 9.59. The quantitative estimate of drug-likeness (QED) is 0.944. The molecule has 1 aliphatic rings. The third-order valence-corrected chi connectivity index (χ3v) is 5.51. The summed E-state index contributed by atoms with van der Waals surface area (Å²) in [5.74, 6) is 0. The molecule has 2 atom stereocenters. The summed E-state index contributed by atoms with van der Waals surface area (Å²) in [5.41, 5.74) is 8.81. The van der Waals surface area contributed by atoms with E-state index in [1.165, 1.54) is 5.56 Å². The molecular formula is C16H21N3S. The van der Waals surface area contributed by atoms with Gasteiger partial charge in [0.1, 0.15) is 5.01 Å². The van der Waals surface area contributed by atoms with Crippen molar-refractivity contribution in [3.05, 3.63) is 52.0 Å². The Kier molecular flexibility index (Phi) is 3.63. The number of nitrogens with zero attached hydrogens (tertiary/aromatic N) is 2. The molecule has 0 radical (unpaired) electrons. The zero-order valence-corrected chi connectivity index (χ0v) is 12.9. The van der Waals surface area contributed by atoms with E-state index in [2.05, 4.69) is 52.5 Å². The summed E-state index contributed by atoms with van der Waals surface area (Å²) in [6, 6.07) is 10.9. The van der Waals surface area contributed by atoms with Crippen LogP contribution in [0.1, 0.15) is 29.6 Å². The van der Waals surface area contributed by atoms with Crippen molar-refractivity contribution >= 4 is 11.3 Å². The lowest BCUT2D eigenvalue weighted by Crippen LogP contribution is -2.47. The van der Waals surface area contributed by atoms with Crippen LogP contribution in [0.15, 0.2) is 35.7 Å². The number of likely N-dealkylation sites (tertiary alicyclic amines) is 1. The van der Waals surface area contributed by atoms with Gasteiger partial charge in [-0.3, -0.25) is 4.90 Å². The topological polar surface area (TPSA) is 42.1 Å². The highest BCUT2D eigenvalue weighted by Gasteiger charge is 2.44. The van der Waals surface area contributed by atoms with Gasteiger partial charge in [-0.25, -0.2) is 4.98 Å². The summed E-state index contributed by atoms with van der Waals surface area (Å²) in [7, 11) is 0. The van der Waals surface area contributed by atoms with Crippen LogP contribution < -0.4 is 5.73 Å². The fourth-order valence-corrected chi connectivity index (χ4v) is 3.97. The molecule has 3 rings (SSSR count). The van der Waals surface area contributed by atoms with Crippen LogP contribution >= 0.6 is 11.3 Å². The van der Waals surface area contributed by atoms with Crippen molar-refractivity contribution in [2.75, 3.05) is 6.54 Å². The van der Waals surface area contributed by atoms with Gasteiger partial charge in [0, 0.05) is 30.2 Å². The Morgan fingerprint density at radius 3 is 2.80 bits per heavy atom. The average Bonchev–Trinajstić information content (AvgIpc) is 3.00. The van der Waals surface area contributed by atoms with Crippen molar-refractivity contribution in [3.63, 3.8) is 0 Å². The molecule has 0 amide bonds. The van der Waals surface area contributed by atoms with Crippen molar-refractivity contribution in [2.24, 2.45) is 5.73 Å². The van der Waals surface area contributed by atoms with Gasteiger partial charge in [0.15, 0.2) is 0 Å². The highest BCUT2D eigenvalue weighted by molar-refractivity contribution is 7.09. The predicted molar refractivity (Wildman–Crippen MR) is 83.6 cm³/mol. The second-order valence-electron chi connectivity index (χ2n) is 5.72. The maximum Gasteiger partial charge on any atom is 0.114 e. The molecule has 1 saturated heterocycles. The fourth-order valence-electron chi connectivity index (χ4n) is 2.94. The molecule has 0 bridgehead atoms. The van der Waals surface area contributed by atoms with Gasteiger partial charge in [0.25, 0.3) is 0 Å². The summed E-state index contributed by atoms with van der Waals surface area (Å²) in [4.78, 5) is 7.09. The third kappa shape index (κ3) is 2.39. The molecular weight excluding hydrogens is 266 g/mol. The van der Waals surface area contributed by atoms with Crippen LogP contribution in [0, 0.1) is 6.92 Å². The Morgan fingerprint density at radius 1 is 1.40 bits per heavy atom. The van der Waals surface area contributed by atoms with E-state index in [1.807, 2.05) is 6.92 Å². The Bertz CT molecular complexity index is 580. The molecule has 2 heterocycles. The van der Waals surface area contributed by atoms with Crippen molar-refractivity contribution < 1.29 is 0 Å². The van der Waals surface area contributed by atoms with Gasteiger partial charge in [-0.15, -0.1) is 11.3 Å². The van der Waals surface area contributed by atoms with Gasteiger partial charge in [0.2, 0.25) is 0 Å². The molecule has 106 valence electrons. The first-order valence-corrected chi connectivity index (χ1v) is 7.97. The normalized spacial score (nSPS) is 27.1. The Morgan fingerprint density at radius 2 is 2.15 bits per heavy atom. The Labute approximate surface area is 124 Å². The molecule has 0 saturated carbocycles. The van der Waals surface area contributed by atoms with Crippen LogP contribution in [0.2, 0.25) is 0 Å². The van der Waals surface area contributed by atoms with E-state index in [4.69, 9.17) is 5.73 Å². The third-order valence-electron chi connectivity index (χ3n) is 4.35. The van der Waals surface area contributed by atoms with E-state index in [0.717, 1.165) is 30.2 Å². The summed E-state index contributed by atoms with van der Waals surface area (Å²) < 4.78 is 0. The molecule has 2 N–H and O–H groups in total. The van der Waals surface area contributed by atoms with Crippen LogP contribution in [-0.4, -0.2) is 22.5 Å². The summed E-state index contributed by atoms with van der Waals surface area (Å²) >= 11 is 1.69. The molecule has 2 unspecified atom stereocenters. The monoisotopic (exact) mass is 287 g/mol. The first kappa shape index (κ1) is 13.7. The highest BCUT2D eigenvalue weighted by Crippen LogP contribution is 2.37. The van der Waals surface area contributed by atoms with Gasteiger partial charge in [-0.2, -0.15) is 0 Å². The number of nitrogens with two attached hydrogens (primary N) is 1. The van der Waals surface area contributed by atoms with Gasteiger partial charge >= 0.3 is 0 Å². The van der Waals surface area contributed by atoms with Crippen molar-refractivity contribution in [3.8, 4) is 0 Å². The molecule has 1 aliphatic heterocycles. The molecule has 1 aromatic carbocycles. The molecule has 3 nitrogen and oxygen atoms in total. The maximum atomic E-state index is 6.69. The van der Waals surface area contributed by atoms with Gasteiger partial charge in [-0.05, 0) is 25.8 Å². The van der Waals surface area contributed by atoms with Crippen LogP contribution in [0.5, 0.6) is 0 Å². The second kappa shape index (κ2) is 5.28. The molecule has 4 heteroatoms. The minimum absolute atomic E-state index is 0.298. The molecule has 2 aromatic rings. The van der Waals surface area contributed by atoms with E-state index in [9.17, 15) is 0 Å². The number of benzene rings is 1. The highest BCUT2D eigenvalue weighted by atomic mass is 32.1. The summed E-state index contributed by atoms with van der Waals surface area (Å²) in [6.07, 6.45) is 0.980. The lowest BCUT2D eigenvalue weighted by Gasteiger charge is -2.31. The zero-order valence-electron chi connectivity index (χ0n) is 12.0. The largest absolute Gasteiger partial charge is 0.318 e. The van der Waals surface area contributed by atoms with E-state index in [0.29, 0.717) is 6.04 Å². The maximum absolute atomic E-state index is 6.69. The minimum Gasteiger partial charge on any atom is -0.318 e. The summed E-state index contributed by atoms with van der Waals surface area (Å²) in [6.45, 7) is 6.26. The standard InChI is InChI=1S/C16H21N3S/c1-12-11-20-15(18-12)16(17)8-9-19(13(16)2)10-14-6-4-3-5-7-14/h3-7,11,13H,8-10,17H2,1-2H3.